The van der Waals surface area contributed by atoms with Crippen molar-refractivity contribution >= 4 is 25.5 Å². The number of phosphoric ester groups is 1. The number of anilines is 1. The van der Waals surface area contributed by atoms with Crippen molar-refractivity contribution in [2.75, 3.05) is 25.0 Å². The van der Waals surface area contributed by atoms with Gasteiger partial charge in [0, 0.05) is 30.5 Å². The van der Waals surface area contributed by atoms with Crippen molar-refractivity contribution in [3.8, 4) is 23.1 Å². The Balaban J connectivity index is 1.44. The molecule has 0 spiro atoms. The molecule has 2 aliphatic rings. The second-order valence-electron chi connectivity index (χ2n) is 8.61. The van der Waals surface area contributed by atoms with Gasteiger partial charge in [-0.15, -0.1) is 0 Å². The SMILES string of the molecule is N#Cc1cc(-c2cc(NC(=O)C3CC3)ncn2)ccc1O[C@H]1CCN(C(=O)COP(=O)(O)O)CC1(F)F. The number of halogens is 2. The van der Waals surface area contributed by atoms with E-state index in [1.54, 1.807) is 0 Å². The van der Waals surface area contributed by atoms with E-state index >= 15 is 0 Å². The van der Waals surface area contributed by atoms with Crippen molar-refractivity contribution < 1.29 is 42.0 Å². The van der Waals surface area contributed by atoms with E-state index < -0.39 is 38.9 Å². The highest BCUT2D eigenvalue weighted by atomic mass is 31.2. The van der Waals surface area contributed by atoms with Crippen molar-refractivity contribution in [1.82, 2.24) is 14.9 Å². The standard InChI is InChI=1S/C22H22F2N5O7P/c23-22(24)11-29(20(30)10-35-37(32,33)34)6-5-18(22)36-17-4-3-14(7-15(17)9-25)16-8-19(27-12-26-16)28-21(31)13-1-2-13/h3-4,7-8,12-13,18H,1-2,5-6,10-11H2,(H2,32,33,34)(H,26,27,28,31)/t18-/m0/s1. The van der Waals surface area contributed by atoms with E-state index in [1.165, 1.54) is 30.6 Å². The molecular formula is C22H22F2N5O7P. The Morgan fingerprint density at radius 1 is 1.24 bits per heavy atom. The summed E-state index contributed by atoms with van der Waals surface area (Å²) in [6.07, 6.45) is 0.971. The van der Waals surface area contributed by atoms with E-state index in [4.69, 9.17) is 14.5 Å². The van der Waals surface area contributed by atoms with Gasteiger partial charge in [0.2, 0.25) is 11.8 Å². The van der Waals surface area contributed by atoms with Crippen molar-refractivity contribution in [2.45, 2.75) is 31.3 Å². The van der Waals surface area contributed by atoms with Crippen LogP contribution in [0.5, 0.6) is 5.75 Å². The van der Waals surface area contributed by atoms with Crippen LogP contribution in [0.4, 0.5) is 14.6 Å². The maximum absolute atomic E-state index is 14.8. The second-order valence-corrected chi connectivity index (χ2v) is 9.85. The zero-order valence-electron chi connectivity index (χ0n) is 19.2. The molecular weight excluding hydrogens is 515 g/mol. The van der Waals surface area contributed by atoms with Gasteiger partial charge < -0.3 is 24.7 Å². The monoisotopic (exact) mass is 537 g/mol. The number of benzene rings is 1. The highest BCUT2D eigenvalue weighted by Crippen LogP contribution is 2.37. The molecule has 1 aliphatic heterocycles. The number of hydrogen-bond donors (Lipinski definition) is 3. The number of amides is 2. The number of rotatable bonds is 8. The van der Waals surface area contributed by atoms with Crippen LogP contribution in [0.3, 0.4) is 0 Å². The maximum atomic E-state index is 14.8. The number of nitriles is 1. The summed E-state index contributed by atoms with van der Waals surface area (Å²) >= 11 is 0. The summed E-state index contributed by atoms with van der Waals surface area (Å²) in [6.45, 7) is -2.25. The fraction of sp³-hybridized carbons (Fsp3) is 0.409. The number of alkyl halides is 2. The van der Waals surface area contributed by atoms with Gasteiger partial charge in [0.1, 0.15) is 30.6 Å². The summed E-state index contributed by atoms with van der Waals surface area (Å²) in [4.78, 5) is 50.3. The van der Waals surface area contributed by atoms with Gasteiger partial charge in [-0.3, -0.25) is 14.1 Å². The summed E-state index contributed by atoms with van der Waals surface area (Å²) < 4.78 is 49.9. The summed E-state index contributed by atoms with van der Waals surface area (Å²) in [7, 11) is -4.92. The van der Waals surface area contributed by atoms with Gasteiger partial charge in [0.05, 0.1) is 17.8 Å². The van der Waals surface area contributed by atoms with E-state index in [2.05, 4.69) is 19.8 Å². The minimum Gasteiger partial charge on any atom is -0.483 e. The zero-order chi connectivity index (χ0) is 26.8. The topological polar surface area (TPSA) is 175 Å². The molecule has 2 fully saturated rings. The first-order valence-electron chi connectivity index (χ1n) is 11.1. The minimum absolute atomic E-state index is 0.0174. The summed E-state index contributed by atoms with van der Waals surface area (Å²) in [6, 6.07) is 7.76. The molecule has 12 nitrogen and oxygen atoms in total. The third kappa shape index (κ3) is 6.84. The van der Waals surface area contributed by atoms with Crippen molar-refractivity contribution in [3.05, 3.63) is 36.2 Å². The predicted molar refractivity (Wildman–Crippen MR) is 122 cm³/mol. The second kappa shape index (κ2) is 10.5. The van der Waals surface area contributed by atoms with Gasteiger partial charge in [0.25, 0.3) is 0 Å². The molecule has 4 rings (SSSR count). The van der Waals surface area contributed by atoms with Crippen LogP contribution in [-0.2, 0) is 18.7 Å². The highest BCUT2D eigenvalue weighted by molar-refractivity contribution is 7.46. The van der Waals surface area contributed by atoms with Crippen LogP contribution in [0, 0.1) is 17.2 Å². The number of nitrogens with zero attached hydrogens (tertiary/aromatic N) is 4. The lowest BCUT2D eigenvalue weighted by molar-refractivity contribution is -0.161. The molecule has 1 saturated carbocycles. The fourth-order valence-corrected chi connectivity index (χ4v) is 3.98. The summed E-state index contributed by atoms with van der Waals surface area (Å²) in [5, 5.41) is 12.3. The Kier molecular flexibility index (Phi) is 7.52. The van der Waals surface area contributed by atoms with Crippen LogP contribution in [0.1, 0.15) is 24.8 Å². The van der Waals surface area contributed by atoms with Crippen LogP contribution in [0.2, 0.25) is 0 Å². The molecule has 37 heavy (non-hydrogen) atoms. The van der Waals surface area contributed by atoms with E-state index in [0.29, 0.717) is 17.1 Å². The number of hydrogen-bond acceptors (Lipinski definition) is 8. The summed E-state index contributed by atoms with van der Waals surface area (Å²) in [5.74, 6) is -4.45. The van der Waals surface area contributed by atoms with Crippen LogP contribution in [0.25, 0.3) is 11.3 Å². The fourth-order valence-electron chi connectivity index (χ4n) is 3.70. The Morgan fingerprint density at radius 3 is 2.65 bits per heavy atom. The lowest BCUT2D eigenvalue weighted by atomic mass is 10.0. The number of ether oxygens (including phenoxy) is 1. The smallest absolute Gasteiger partial charge is 0.470 e. The molecule has 1 aromatic heterocycles. The number of likely N-dealkylation sites (tertiary alicyclic amines) is 1. The third-order valence-corrected chi connectivity index (χ3v) is 6.24. The number of carbonyl (C=O) groups is 2. The normalized spacial score (nSPS) is 19.1. The lowest BCUT2D eigenvalue weighted by Crippen LogP contribution is -2.56. The number of nitrogens with one attached hydrogen (secondary N) is 1. The van der Waals surface area contributed by atoms with Crippen LogP contribution in [-0.4, -0.2) is 68.2 Å². The van der Waals surface area contributed by atoms with E-state index in [0.717, 1.165) is 17.7 Å². The third-order valence-electron chi connectivity index (χ3n) is 5.77. The number of phosphoric acid groups is 1. The van der Waals surface area contributed by atoms with Gasteiger partial charge >= 0.3 is 13.7 Å². The van der Waals surface area contributed by atoms with Crippen molar-refractivity contribution in [3.63, 3.8) is 0 Å². The average Bonchev–Trinajstić information content (AvgIpc) is 3.69. The van der Waals surface area contributed by atoms with Crippen LogP contribution < -0.4 is 10.1 Å². The van der Waals surface area contributed by atoms with Gasteiger partial charge in [0.15, 0.2) is 6.10 Å². The molecule has 1 aromatic carbocycles. The average molecular weight is 537 g/mol. The highest BCUT2D eigenvalue weighted by Gasteiger charge is 2.48. The molecule has 15 heteroatoms. The molecule has 3 N–H and O–H groups in total. The van der Waals surface area contributed by atoms with Gasteiger partial charge in [-0.05, 0) is 31.0 Å². The Morgan fingerprint density at radius 2 is 2.00 bits per heavy atom. The molecule has 0 unspecified atom stereocenters. The van der Waals surface area contributed by atoms with Crippen molar-refractivity contribution in [2.24, 2.45) is 5.92 Å². The van der Waals surface area contributed by atoms with E-state index in [9.17, 15) is 28.2 Å². The zero-order valence-corrected chi connectivity index (χ0v) is 20.1. The molecule has 1 aliphatic carbocycles. The van der Waals surface area contributed by atoms with Gasteiger partial charge in [-0.1, -0.05) is 0 Å². The molecule has 196 valence electrons. The molecule has 2 amide bonds. The molecule has 0 radical (unpaired) electrons. The van der Waals surface area contributed by atoms with Gasteiger partial charge in [-0.25, -0.2) is 23.3 Å². The lowest BCUT2D eigenvalue weighted by Gasteiger charge is -2.38. The molecule has 2 heterocycles. The molecule has 0 bridgehead atoms. The van der Waals surface area contributed by atoms with E-state index in [-0.39, 0.29) is 36.1 Å². The largest absolute Gasteiger partial charge is 0.483 e. The Bertz CT molecular complexity index is 1290. The van der Waals surface area contributed by atoms with E-state index in [1.807, 2.05) is 6.07 Å². The maximum Gasteiger partial charge on any atom is 0.470 e. The summed E-state index contributed by atoms with van der Waals surface area (Å²) in [5.41, 5.74) is 0.855. The van der Waals surface area contributed by atoms with Gasteiger partial charge in [-0.2, -0.15) is 5.26 Å². The van der Waals surface area contributed by atoms with Crippen LogP contribution in [0.15, 0.2) is 30.6 Å². The molecule has 1 atom stereocenters. The first-order chi connectivity index (χ1) is 17.4. The predicted octanol–water partition coefficient (Wildman–Crippen LogP) is 2.09. The Labute approximate surface area is 209 Å². The quantitative estimate of drug-likeness (QED) is 0.423. The molecule has 1 saturated heterocycles. The number of piperidine rings is 1. The minimum atomic E-state index is -4.92. The first-order valence-corrected chi connectivity index (χ1v) is 12.7. The van der Waals surface area contributed by atoms with Crippen molar-refractivity contribution in [1.29, 1.82) is 5.26 Å². The molecule has 2 aromatic rings. The number of carbonyl (C=O) groups excluding carboxylic acids is 2. The number of aromatic nitrogens is 2. The van der Waals surface area contributed by atoms with Crippen LogP contribution >= 0.6 is 7.82 Å². The Hall–Kier alpha value is -3.50. The first kappa shape index (κ1) is 26.6.